The van der Waals surface area contributed by atoms with Crippen molar-refractivity contribution >= 4 is 29.3 Å². The Labute approximate surface area is 131 Å². The van der Waals surface area contributed by atoms with E-state index in [1.54, 1.807) is 48.8 Å². The van der Waals surface area contributed by atoms with Gasteiger partial charge in [0, 0.05) is 29.5 Å². The number of thiocyanates is 1. The van der Waals surface area contributed by atoms with E-state index in [0.29, 0.717) is 5.69 Å². The van der Waals surface area contributed by atoms with Crippen molar-refractivity contribution in [1.82, 2.24) is 10.3 Å². The Bertz CT molecular complexity index is 696. The van der Waals surface area contributed by atoms with E-state index in [0.717, 1.165) is 22.2 Å². The number of benzene rings is 1. The van der Waals surface area contributed by atoms with Crippen LogP contribution in [0.25, 0.3) is 0 Å². The number of nitrogens with one attached hydrogen (secondary N) is 2. The number of carbonyl (C=O) groups is 2. The first-order valence-electron chi connectivity index (χ1n) is 6.33. The molecule has 22 heavy (non-hydrogen) atoms. The molecule has 0 saturated carbocycles. The fraction of sp³-hybridized carbons (Fsp3) is 0.0667. The Balaban J connectivity index is 1.86. The number of aromatic nitrogens is 1. The van der Waals surface area contributed by atoms with E-state index in [9.17, 15) is 9.59 Å². The summed E-state index contributed by atoms with van der Waals surface area (Å²) in [5, 5.41) is 15.5. The third-order valence-corrected chi connectivity index (χ3v) is 3.28. The van der Waals surface area contributed by atoms with Crippen LogP contribution in [0, 0.1) is 10.7 Å². The van der Waals surface area contributed by atoms with Crippen molar-refractivity contribution in [2.75, 3.05) is 5.32 Å². The molecular formula is C15H12N4O2S. The zero-order chi connectivity index (χ0) is 15.8. The van der Waals surface area contributed by atoms with E-state index < -0.39 is 11.8 Å². The van der Waals surface area contributed by atoms with E-state index in [1.807, 2.05) is 5.40 Å². The molecule has 6 nitrogen and oxygen atoms in total. The number of rotatable bonds is 4. The molecule has 1 aromatic heterocycles. The summed E-state index contributed by atoms with van der Waals surface area (Å²) < 4.78 is 0. The molecule has 0 radical (unpaired) electrons. The summed E-state index contributed by atoms with van der Waals surface area (Å²) in [6.45, 7) is 0.256. The first kappa shape index (κ1) is 15.5. The standard InChI is InChI=1S/C15H12N4O2S/c16-10-22-13-3-1-12(2-4-13)19-15(21)14(20)18-9-11-5-7-17-8-6-11/h1-8H,9H2,(H,18,20)(H,19,21). The predicted octanol–water partition coefficient (Wildman–Crippen LogP) is 1.91. The highest BCUT2D eigenvalue weighted by molar-refractivity contribution is 8.03. The minimum absolute atomic E-state index is 0.256. The van der Waals surface area contributed by atoms with Crippen LogP contribution in [0.3, 0.4) is 0 Å². The van der Waals surface area contributed by atoms with Crippen LogP contribution in [-0.4, -0.2) is 16.8 Å². The molecule has 0 spiro atoms. The minimum atomic E-state index is -0.741. The lowest BCUT2D eigenvalue weighted by molar-refractivity contribution is -0.136. The van der Waals surface area contributed by atoms with Gasteiger partial charge in [0.2, 0.25) is 0 Å². The molecule has 2 amide bonds. The summed E-state index contributed by atoms with van der Waals surface area (Å²) >= 11 is 1.02. The molecular weight excluding hydrogens is 300 g/mol. The lowest BCUT2D eigenvalue weighted by Crippen LogP contribution is -2.34. The van der Waals surface area contributed by atoms with Crippen molar-refractivity contribution in [3.63, 3.8) is 0 Å². The quantitative estimate of drug-likeness (QED) is 0.511. The largest absolute Gasteiger partial charge is 0.344 e. The summed E-state index contributed by atoms with van der Waals surface area (Å²) in [4.78, 5) is 28.1. The maximum Gasteiger partial charge on any atom is 0.313 e. The van der Waals surface area contributed by atoms with Crippen LogP contribution >= 0.6 is 11.8 Å². The Morgan fingerprint density at radius 2 is 1.77 bits per heavy atom. The molecule has 110 valence electrons. The molecule has 2 rings (SSSR count). The van der Waals surface area contributed by atoms with Crippen LogP contribution in [0.5, 0.6) is 0 Å². The van der Waals surface area contributed by atoms with E-state index in [2.05, 4.69) is 15.6 Å². The summed E-state index contributed by atoms with van der Waals surface area (Å²) in [7, 11) is 0. The van der Waals surface area contributed by atoms with E-state index >= 15 is 0 Å². The summed E-state index contributed by atoms with van der Waals surface area (Å²) in [6.07, 6.45) is 3.23. The van der Waals surface area contributed by atoms with E-state index in [-0.39, 0.29) is 6.54 Å². The molecule has 0 atom stereocenters. The van der Waals surface area contributed by atoms with Crippen LogP contribution in [0.2, 0.25) is 0 Å². The molecule has 2 aromatic rings. The second kappa shape index (κ2) is 7.81. The number of hydrogen-bond donors (Lipinski definition) is 2. The molecule has 0 fully saturated rings. The fourth-order valence-corrected chi connectivity index (χ4v) is 1.99. The van der Waals surface area contributed by atoms with E-state index in [4.69, 9.17) is 5.26 Å². The number of amides is 2. The molecule has 0 bridgehead atoms. The van der Waals surface area contributed by atoms with Gasteiger partial charge in [-0.15, -0.1) is 0 Å². The number of carbonyl (C=O) groups excluding carboxylic acids is 2. The molecule has 1 aromatic carbocycles. The van der Waals surface area contributed by atoms with Crippen LogP contribution < -0.4 is 10.6 Å². The van der Waals surface area contributed by atoms with Crippen LogP contribution in [0.15, 0.2) is 53.7 Å². The van der Waals surface area contributed by atoms with Gasteiger partial charge in [0.05, 0.1) is 0 Å². The Morgan fingerprint density at radius 3 is 2.41 bits per heavy atom. The lowest BCUT2D eigenvalue weighted by Gasteiger charge is -2.06. The maximum absolute atomic E-state index is 11.8. The van der Waals surface area contributed by atoms with Gasteiger partial charge in [0.1, 0.15) is 5.40 Å². The summed E-state index contributed by atoms with van der Waals surface area (Å²) in [6, 6.07) is 10.2. The third kappa shape index (κ3) is 4.61. The van der Waals surface area contributed by atoms with Gasteiger partial charge in [-0.3, -0.25) is 14.6 Å². The highest BCUT2D eigenvalue weighted by Crippen LogP contribution is 2.18. The van der Waals surface area contributed by atoms with Gasteiger partial charge in [-0.2, -0.15) is 5.26 Å². The zero-order valence-electron chi connectivity index (χ0n) is 11.4. The molecule has 0 aliphatic heterocycles. The average Bonchev–Trinajstić information content (AvgIpc) is 2.55. The first-order chi connectivity index (χ1) is 10.7. The SMILES string of the molecule is N#CSc1ccc(NC(=O)C(=O)NCc2ccncc2)cc1. The van der Waals surface area contributed by atoms with Crippen molar-refractivity contribution in [3.05, 3.63) is 54.4 Å². The van der Waals surface area contributed by atoms with Crippen LogP contribution in [0.1, 0.15) is 5.56 Å². The highest BCUT2D eigenvalue weighted by Gasteiger charge is 2.13. The van der Waals surface area contributed by atoms with Gasteiger partial charge in [-0.05, 0) is 53.7 Å². The average molecular weight is 312 g/mol. The zero-order valence-corrected chi connectivity index (χ0v) is 12.3. The van der Waals surface area contributed by atoms with Gasteiger partial charge in [0.25, 0.3) is 0 Å². The number of pyridine rings is 1. The van der Waals surface area contributed by atoms with Crippen molar-refractivity contribution < 1.29 is 9.59 Å². The monoisotopic (exact) mass is 312 g/mol. The second-order valence-electron chi connectivity index (χ2n) is 4.21. The molecule has 0 saturated heterocycles. The Morgan fingerprint density at radius 1 is 1.09 bits per heavy atom. The van der Waals surface area contributed by atoms with Crippen LogP contribution in [0.4, 0.5) is 5.69 Å². The molecule has 0 aliphatic carbocycles. The van der Waals surface area contributed by atoms with Crippen molar-refractivity contribution in [3.8, 4) is 5.40 Å². The maximum atomic E-state index is 11.8. The molecule has 0 aliphatic rings. The van der Waals surface area contributed by atoms with Crippen molar-refractivity contribution in [2.24, 2.45) is 0 Å². The summed E-state index contributed by atoms with van der Waals surface area (Å²) in [5.74, 6) is -1.46. The number of nitrogens with zero attached hydrogens (tertiary/aromatic N) is 2. The normalized spacial score (nSPS) is 9.59. The topological polar surface area (TPSA) is 94.9 Å². The molecule has 1 heterocycles. The third-order valence-electron chi connectivity index (χ3n) is 2.68. The van der Waals surface area contributed by atoms with Gasteiger partial charge >= 0.3 is 11.8 Å². The molecule has 7 heteroatoms. The smallest absolute Gasteiger partial charge is 0.313 e. The molecule has 2 N–H and O–H groups in total. The van der Waals surface area contributed by atoms with Crippen molar-refractivity contribution in [1.29, 1.82) is 5.26 Å². The number of nitriles is 1. The van der Waals surface area contributed by atoms with Gasteiger partial charge in [-0.25, -0.2) is 0 Å². The Hall–Kier alpha value is -2.85. The number of hydrogen-bond acceptors (Lipinski definition) is 5. The summed E-state index contributed by atoms with van der Waals surface area (Å²) in [5.41, 5.74) is 1.35. The molecule has 0 unspecified atom stereocenters. The minimum Gasteiger partial charge on any atom is -0.344 e. The lowest BCUT2D eigenvalue weighted by atomic mass is 10.2. The van der Waals surface area contributed by atoms with Gasteiger partial charge < -0.3 is 10.6 Å². The van der Waals surface area contributed by atoms with Crippen molar-refractivity contribution in [2.45, 2.75) is 11.4 Å². The van der Waals surface area contributed by atoms with E-state index in [1.165, 1.54) is 0 Å². The fourth-order valence-electron chi connectivity index (χ4n) is 1.61. The second-order valence-corrected chi connectivity index (χ2v) is 5.07. The Kier molecular flexibility index (Phi) is 5.51. The first-order valence-corrected chi connectivity index (χ1v) is 7.15. The highest BCUT2D eigenvalue weighted by atomic mass is 32.2. The van der Waals surface area contributed by atoms with Crippen LogP contribution in [-0.2, 0) is 16.1 Å². The predicted molar refractivity (Wildman–Crippen MR) is 82.6 cm³/mol. The van der Waals surface area contributed by atoms with Gasteiger partial charge in [-0.1, -0.05) is 0 Å². The van der Waals surface area contributed by atoms with Gasteiger partial charge in [0.15, 0.2) is 0 Å². The number of thioether (sulfide) groups is 1. The number of anilines is 1.